The van der Waals surface area contributed by atoms with Crippen molar-refractivity contribution in [2.24, 2.45) is 0 Å². The number of esters is 1. The van der Waals surface area contributed by atoms with Gasteiger partial charge in [0.15, 0.2) is 5.56 Å². The van der Waals surface area contributed by atoms with Crippen LogP contribution in [0.3, 0.4) is 0 Å². The lowest BCUT2D eigenvalue weighted by molar-refractivity contribution is -0.112. The Morgan fingerprint density at radius 2 is 1.79 bits per heavy atom. The number of carbonyl (C=O) groups excluding carboxylic acids is 2. The van der Waals surface area contributed by atoms with Crippen LogP contribution in [0.4, 0.5) is 10.3 Å². The quantitative estimate of drug-likeness (QED) is 0.439. The first-order valence-corrected chi connectivity index (χ1v) is 8.93. The van der Waals surface area contributed by atoms with E-state index in [1.54, 1.807) is 18.2 Å². The van der Waals surface area contributed by atoms with Gasteiger partial charge in [0.2, 0.25) is 5.88 Å². The van der Waals surface area contributed by atoms with Gasteiger partial charge in [-0.15, -0.1) is 0 Å². The van der Waals surface area contributed by atoms with Crippen molar-refractivity contribution in [3.8, 4) is 11.3 Å². The summed E-state index contributed by atoms with van der Waals surface area (Å²) in [5.74, 6) is -2.01. The van der Waals surface area contributed by atoms with Crippen molar-refractivity contribution >= 4 is 47.0 Å². The Morgan fingerprint density at radius 1 is 1.14 bits per heavy atom. The van der Waals surface area contributed by atoms with Crippen molar-refractivity contribution in [3.05, 3.63) is 75.5 Å². The summed E-state index contributed by atoms with van der Waals surface area (Å²) >= 11 is 12.4. The van der Waals surface area contributed by atoms with Gasteiger partial charge in [-0.25, -0.2) is 9.18 Å². The van der Waals surface area contributed by atoms with E-state index in [1.807, 2.05) is 0 Å². The highest BCUT2D eigenvalue weighted by molar-refractivity contribution is 6.39. The van der Waals surface area contributed by atoms with E-state index in [4.69, 9.17) is 32.5 Å². The number of hydrogen-bond acceptors (Lipinski definition) is 5. The third-order valence-corrected chi connectivity index (χ3v) is 4.45. The summed E-state index contributed by atoms with van der Waals surface area (Å²) in [6.07, 6.45) is 2.66. The number of anilines is 1. The molecule has 3 rings (SSSR count). The van der Waals surface area contributed by atoms with Gasteiger partial charge in [0.1, 0.15) is 11.5 Å². The average Bonchev–Trinajstić information content (AvgIpc) is 3.10. The van der Waals surface area contributed by atoms with Crippen LogP contribution in [0.1, 0.15) is 15.9 Å². The molecule has 0 aliphatic carbocycles. The number of nitrogens with one attached hydrogen (secondary N) is 1. The lowest BCUT2D eigenvalue weighted by Gasteiger charge is -2.06. The molecule has 0 saturated carbocycles. The topological polar surface area (TPSA) is 81.4 Å². The first-order chi connectivity index (χ1) is 13.9. The lowest BCUT2D eigenvalue weighted by atomic mass is 10.1. The monoisotopic (exact) mass is 434 g/mol. The lowest BCUT2D eigenvalue weighted by Crippen LogP contribution is -2.12. The molecule has 3 aromatic rings. The van der Waals surface area contributed by atoms with Crippen molar-refractivity contribution in [3.63, 3.8) is 0 Å². The highest BCUT2D eigenvalue weighted by atomic mass is 35.5. The third kappa shape index (κ3) is 4.64. The van der Waals surface area contributed by atoms with Crippen LogP contribution >= 0.6 is 23.2 Å². The minimum absolute atomic E-state index is 0.0327. The zero-order valence-electron chi connectivity index (χ0n) is 14.9. The number of benzene rings is 2. The fourth-order valence-corrected chi connectivity index (χ4v) is 3.04. The minimum Gasteiger partial charge on any atom is -0.465 e. The predicted molar refractivity (Wildman–Crippen MR) is 107 cm³/mol. The van der Waals surface area contributed by atoms with E-state index in [1.165, 1.54) is 43.5 Å². The van der Waals surface area contributed by atoms with Crippen LogP contribution in [0.2, 0.25) is 10.0 Å². The van der Waals surface area contributed by atoms with E-state index in [2.05, 4.69) is 10.5 Å². The van der Waals surface area contributed by atoms with Crippen molar-refractivity contribution in [1.29, 1.82) is 0 Å². The van der Waals surface area contributed by atoms with Crippen LogP contribution in [0.25, 0.3) is 17.3 Å². The van der Waals surface area contributed by atoms with E-state index in [-0.39, 0.29) is 38.6 Å². The highest BCUT2D eigenvalue weighted by Gasteiger charge is 2.28. The number of rotatable bonds is 5. The maximum atomic E-state index is 12.9. The predicted octanol–water partition coefficient (Wildman–Crippen LogP) is 5.23. The van der Waals surface area contributed by atoms with Crippen molar-refractivity contribution in [2.45, 2.75) is 0 Å². The standard InChI is InChI=1S/C20H13Cl2FN2O4/c1-28-20(27)17-18(16-13(21)3-2-4-14(16)22)25-29-19(17)24-15(26)10-7-11-5-8-12(23)9-6-11/h2-10H,1H3,(H,24,26)/b10-7+. The molecule has 1 aromatic heterocycles. The fraction of sp³-hybridized carbons (Fsp3) is 0.0500. The zero-order chi connectivity index (χ0) is 21.0. The first-order valence-electron chi connectivity index (χ1n) is 8.17. The first kappa shape index (κ1) is 20.6. The molecular formula is C20H13Cl2FN2O4. The summed E-state index contributed by atoms with van der Waals surface area (Å²) in [4.78, 5) is 24.5. The molecule has 0 unspecified atom stereocenters. The third-order valence-electron chi connectivity index (χ3n) is 3.82. The number of carbonyl (C=O) groups is 2. The second kappa shape index (κ2) is 8.89. The summed E-state index contributed by atoms with van der Waals surface area (Å²) in [5, 5.41) is 6.73. The van der Waals surface area contributed by atoms with E-state index >= 15 is 0 Å². The summed E-state index contributed by atoms with van der Waals surface area (Å²) in [6.45, 7) is 0. The Bertz CT molecular complexity index is 1070. The molecule has 9 heteroatoms. The molecule has 1 heterocycles. The zero-order valence-corrected chi connectivity index (χ0v) is 16.4. The molecule has 0 bridgehead atoms. The Hall–Kier alpha value is -3.16. The number of aromatic nitrogens is 1. The molecule has 0 aliphatic heterocycles. The average molecular weight is 435 g/mol. The van der Waals surface area contributed by atoms with E-state index in [0.717, 1.165) is 0 Å². The van der Waals surface area contributed by atoms with Gasteiger partial charge in [0.05, 0.1) is 17.2 Å². The minimum atomic E-state index is -0.796. The Balaban J connectivity index is 1.92. The summed E-state index contributed by atoms with van der Waals surface area (Å²) in [5.41, 5.74) is 0.773. The summed E-state index contributed by atoms with van der Waals surface area (Å²) in [7, 11) is 1.17. The molecule has 0 radical (unpaired) electrons. The molecule has 2 aromatic carbocycles. The number of ether oxygens (including phenoxy) is 1. The van der Waals surface area contributed by atoms with Crippen molar-refractivity contribution in [1.82, 2.24) is 5.16 Å². The normalized spacial score (nSPS) is 10.9. The number of methoxy groups -OCH3 is 1. The molecule has 0 spiro atoms. The van der Waals surface area contributed by atoms with Gasteiger partial charge in [0, 0.05) is 11.6 Å². The molecule has 1 amide bonds. The SMILES string of the molecule is COC(=O)c1c(-c2c(Cl)cccc2Cl)noc1NC(=O)/C=C/c1ccc(F)cc1. The van der Waals surface area contributed by atoms with Crippen LogP contribution in [0.15, 0.2) is 53.1 Å². The number of halogens is 3. The van der Waals surface area contributed by atoms with Crippen molar-refractivity contribution in [2.75, 3.05) is 12.4 Å². The van der Waals surface area contributed by atoms with E-state index in [9.17, 15) is 14.0 Å². The maximum Gasteiger partial charge on any atom is 0.345 e. The molecular weight excluding hydrogens is 422 g/mol. The molecule has 0 aliphatic rings. The van der Waals surface area contributed by atoms with Gasteiger partial charge < -0.3 is 9.26 Å². The van der Waals surface area contributed by atoms with Crippen LogP contribution in [-0.2, 0) is 9.53 Å². The van der Waals surface area contributed by atoms with E-state index < -0.39 is 11.9 Å². The molecule has 29 heavy (non-hydrogen) atoms. The van der Waals surface area contributed by atoms with Gasteiger partial charge in [0.25, 0.3) is 5.91 Å². The van der Waals surface area contributed by atoms with E-state index in [0.29, 0.717) is 5.56 Å². The number of amides is 1. The van der Waals surface area contributed by atoms with Gasteiger partial charge in [-0.1, -0.05) is 46.6 Å². The fourth-order valence-electron chi connectivity index (χ4n) is 2.46. The van der Waals surface area contributed by atoms with Gasteiger partial charge >= 0.3 is 5.97 Å². The molecule has 1 N–H and O–H groups in total. The number of nitrogens with zero attached hydrogens (tertiary/aromatic N) is 1. The molecule has 0 atom stereocenters. The summed E-state index contributed by atoms with van der Waals surface area (Å²) < 4.78 is 22.8. The van der Waals surface area contributed by atoms with Crippen LogP contribution in [-0.4, -0.2) is 24.1 Å². The molecule has 148 valence electrons. The second-order valence-corrected chi connectivity index (χ2v) is 6.51. The molecule has 6 nitrogen and oxygen atoms in total. The van der Waals surface area contributed by atoms with Gasteiger partial charge in [-0.3, -0.25) is 10.1 Å². The Labute approximate surface area is 174 Å². The second-order valence-electron chi connectivity index (χ2n) is 5.70. The smallest absolute Gasteiger partial charge is 0.345 e. The Kier molecular flexibility index (Phi) is 6.31. The van der Waals surface area contributed by atoms with Crippen LogP contribution < -0.4 is 5.32 Å². The maximum absolute atomic E-state index is 12.9. The Morgan fingerprint density at radius 3 is 2.41 bits per heavy atom. The molecule has 0 saturated heterocycles. The van der Waals surface area contributed by atoms with Crippen LogP contribution in [0, 0.1) is 5.82 Å². The van der Waals surface area contributed by atoms with Gasteiger partial charge in [-0.2, -0.15) is 0 Å². The summed E-state index contributed by atoms with van der Waals surface area (Å²) in [6, 6.07) is 10.3. The van der Waals surface area contributed by atoms with Crippen LogP contribution in [0.5, 0.6) is 0 Å². The largest absolute Gasteiger partial charge is 0.465 e. The van der Waals surface area contributed by atoms with Crippen molar-refractivity contribution < 1.29 is 23.2 Å². The molecule has 0 fully saturated rings. The number of hydrogen-bond donors (Lipinski definition) is 1. The highest BCUT2D eigenvalue weighted by Crippen LogP contribution is 2.38. The van der Waals surface area contributed by atoms with Gasteiger partial charge in [-0.05, 0) is 35.9 Å².